The molecule has 1 N–H and O–H groups in total. The number of nitrogens with zero attached hydrogens (tertiary/aromatic N) is 5. The summed E-state index contributed by atoms with van der Waals surface area (Å²) in [6.45, 7) is 4.09. The number of aromatic nitrogens is 5. The maximum absolute atomic E-state index is 12.9. The van der Waals surface area contributed by atoms with E-state index in [0.29, 0.717) is 5.56 Å². The molecule has 0 bridgehead atoms. The number of aryl methyl sites for hydroxylation is 1. The van der Waals surface area contributed by atoms with E-state index in [2.05, 4.69) is 20.4 Å². The van der Waals surface area contributed by atoms with Gasteiger partial charge in [0.25, 0.3) is 5.91 Å². The Morgan fingerprint density at radius 2 is 1.86 bits per heavy atom. The van der Waals surface area contributed by atoms with E-state index < -0.39 is 0 Å². The van der Waals surface area contributed by atoms with Crippen molar-refractivity contribution in [2.45, 2.75) is 19.9 Å². The van der Waals surface area contributed by atoms with Gasteiger partial charge >= 0.3 is 0 Å². The average molecular weight is 374 g/mol. The van der Waals surface area contributed by atoms with Crippen LogP contribution in [-0.2, 0) is 7.05 Å². The average Bonchev–Trinajstić information content (AvgIpc) is 3.31. The second-order valence-corrected chi connectivity index (χ2v) is 7.11. The summed E-state index contributed by atoms with van der Waals surface area (Å²) in [4.78, 5) is 21.8. The normalized spacial score (nSPS) is 12.4. The largest absolute Gasteiger partial charge is 0.342 e. The van der Waals surface area contributed by atoms with Gasteiger partial charge in [-0.25, -0.2) is 9.97 Å². The molecule has 0 aliphatic heterocycles. The lowest BCUT2D eigenvalue weighted by atomic mass is 10.0. The van der Waals surface area contributed by atoms with Crippen LogP contribution in [0.4, 0.5) is 0 Å². The molecule has 142 valence electrons. The third-order valence-electron chi connectivity index (χ3n) is 4.76. The second-order valence-electron chi connectivity index (χ2n) is 7.11. The van der Waals surface area contributed by atoms with Crippen molar-refractivity contribution in [3.05, 3.63) is 72.6 Å². The summed E-state index contributed by atoms with van der Waals surface area (Å²) in [5.74, 6) is 0.755. The van der Waals surface area contributed by atoms with E-state index in [1.807, 2.05) is 67.9 Å². The Kier molecular flexibility index (Phi) is 4.65. The highest BCUT2D eigenvalue weighted by molar-refractivity contribution is 5.94. The van der Waals surface area contributed by atoms with Gasteiger partial charge in [0.15, 0.2) is 0 Å². The van der Waals surface area contributed by atoms with Crippen LogP contribution in [0.25, 0.3) is 16.9 Å². The predicted octanol–water partition coefficient (Wildman–Crippen LogP) is 3.26. The van der Waals surface area contributed by atoms with E-state index in [4.69, 9.17) is 0 Å². The van der Waals surface area contributed by atoms with Gasteiger partial charge in [-0.2, -0.15) is 5.10 Å². The molecule has 0 unspecified atom stereocenters. The summed E-state index contributed by atoms with van der Waals surface area (Å²) in [6, 6.07) is 13.4. The van der Waals surface area contributed by atoms with Gasteiger partial charge < -0.3 is 9.72 Å². The molecule has 7 nitrogen and oxygen atoms in total. The molecular formula is C21H22N6O. The van der Waals surface area contributed by atoms with Crippen LogP contribution in [0.5, 0.6) is 0 Å². The van der Waals surface area contributed by atoms with Crippen LogP contribution in [0, 0.1) is 5.92 Å². The Hall–Kier alpha value is -3.48. The minimum absolute atomic E-state index is 0.154. The van der Waals surface area contributed by atoms with Crippen molar-refractivity contribution < 1.29 is 4.79 Å². The molecule has 1 atom stereocenters. The smallest absolute Gasteiger partial charge is 0.253 e. The Morgan fingerprint density at radius 1 is 1.07 bits per heavy atom. The van der Waals surface area contributed by atoms with E-state index in [-0.39, 0.29) is 17.9 Å². The molecule has 0 aliphatic carbocycles. The lowest BCUT2D eigenvalue weighted by Gasteiger charge is -2.21. The number of hydrogen-bond acceptors (Lipinski definition) is 4. The van der Waals surface area contributed by atoms with Crippen molar-refractivity contribution in [2.24, 2.45) is 13.0 Å². The summed E-state index contributed by atoms with van der Waals surface area (Å²) >= 11 is 0. The number of pyridine rings is 1. The van der Waals surface area contributed by atoms with Crippen molar-refractivity contribution in [1.82, 2.24) is 29.5 Å². The maximum atomic E-state index is 12.9. The summed E-state index contributed by atoms with van der Waals surface area (Å²) in [7, 11) is 1.83. The van der Waals surface area contributed by atoms with Gasteiger partial charge in [0.2, 0.25) is 0 Å². The molecule has 1 amide bonds. The van der Waals surface area contributed by atoms with Crippen LogP contribution in [-0.4, -0.2) is 30.1 Å². The SMILES string of the molecule is CC(C)[C@H](NC(=O)c1ccc2nc(-c3ccccc3)cn2c1)c1ncnn1C. The Morgan fingerprint density at radius 3 is 2.54 bits per heavy atom. The zero-order valence-electron chi connectivity index (χ0n) is 16.1. The lowest BCUT2D eigenvalue weighted by Crippen LogP contribution is -2.33. The molecule has 4 rings (SSSR count). The summed E-state index contributed by atoms with van der Waals surface area (Å²) < 4.78 is 3.57. The van der Waals surface area contributed by atoms with Crippen LogP contribution in [0.1, 0.15) is 36.1 Å². The van der Waals surface area contributed by atoms with E-state index in [1.165, 1.54) is 6.33 Å². The van der Waals surface area contributed by atoms with Crippen LogP contribution < -0.4 is 5.32 Å². The minimum atomic E-state index is -0.224. The molecule has 0 aliphatic rings. The molecule has 0 radical (unpaired) electrons. The van der Waals surface area contributed by atoms with Gasteiger partial charge in [-0.05, 0) is 18.1 Å². The molecule has 28 heavy (non-hydrogen) atoms. The molecule has 0 fully saturated rings. The molecule has 0 saturated carbocycles. The van der Waals surface area contributed by atoms with E-state index in [1.54, 1.807) is 16.9 Å². The molecule has 7 heteroatoms. The Balaban J connectivity index is 1.61. The molecule has 4 aromatic rings. The first-order valence-electron chi connectivity index (χ1n) is 9.22. The minimum Gasteiger partial charge on any atom is -0.342 e. The standard InChI is InChI=1S/C21H22N6O/c1-14(2)19(20-22-13-23-26(20)3)25-21(28)16-9-10-18-24-17(12-27(18)11-16)15-7-5-4-6-8-15/h4-14,19H,1-3H3,(H,25,28)/t19-/m0/s1. The van der Waals surface area contributed by atoms with E-state index >= 15 is 0 Å². The first kappa shape index (κ1) is 17.9. The number of carbonyl (C=O) groups is 1. The van der Waals surface area contributed by atoms with Crippen molar-refractivity contribution >= 4 is 11.6 Å². The molecule has 3 aromatic heterocycles. The summed E-state index contributed by atoms with van der Waals surface area (Å²) in [5.41, 5.74) is 3.28. The highest BCUT2D eigenvalue weighted by atomic mass is 16.1. The number of imidazole rings is 1. The Labute approximate surface area is 163 Å². The zero-order valence-corrected chi connectivity index (χ0v) is 16.1. The number of benzene rings is 1. The second kappa shape index (κ2) is 7.26. The summed E-state index contributed by atoms with van der Waals surface area (Å²) in [5, 5.41) is 7.20. The van der Waals surface area contributed by atoms with Crippen LogP contribution >= 0.6 is 0 Å². The highest BCUT2D eigenvalue weighted by Crippen LogP contribution is 2.21. The monoisotopic (exact) mass is 374 g/mol. The number of hydrogen-bond donors (Lipinski definition) is 1. The third kappa shape index (κ3) is 3.38. The molecule has 0 spiro atoms. The molecule has 3 heterocycles. The van der Waals surface area contributed by atoms with Gasteiger partial charge in [-0.15, -0.1) is 0 Å². The molecule has 0 saturated heterocycles. The number of amides is 1. The van der Waals surface area contributed by atoms with Crippen molar-refractivity contribution in [3.63, 3.8) is 0 Å². The first-order chi connectivity index (χ1) is 13.5. The quantitative estimate of drug-likeness (QED) is 0.582. The number of nitrogens with one attached hydrogen (secondary N) is 1. The van der Waals surface area contributed by atoms with Crippen LogP contribution in [0.3, 0.4) is 0 Å². The van der Waals surface area contributed by atoms with Gasteiger partial charge in [-0.1, -0.05) is 44.2 Å². The van der Waals surface area contributed by atoms with Gasteiger partial charge in [0.05, 0.1) is 17.3 Å². The third-order valence-corrected chi connectivity index (χ3v) is 4.76. The zero-order chi connectivity index (χ0) is 19.7. The van der Waals surface area contributed by atoms with Gasteiger partial charge in [0.1, 0.15) is 17.8 Å². The van der Waals surface area contributed by atoms with Gasteiger partial charge in [0, 0.05) is 25.0 Å². The number of fused-ring (bicyclic) bond motifs is 1. The maximum Gasteiger partial charge on any atom is 0.253 e. The molecule has 1 aromatic carbocycles. The Bertz CT molecular complexity index is 1110. The number of carbonyl (C=O) groups excluding carboxylic acids is 1. The summed E-state index contributed by atoms with van der Waals surface area (Å²) in [6.07, 6.45) is 5.24. The van der Waals surface area contributed by atoms with E-state index in [9.17, 15) is 4.79 Å². The lowest BCUT2D eigenvalue weighted by molar-refractivity contribution is 0.0921. The van der Waals surface area contributed by atoms with Gasteiger partial charge in [-0.3, -0.25) is 9.48 Å². The molecular weight excluding hydrogens is 352 g/mol. The predicted molar refractivity (Wildman–Crippen MR) is 107 cm³/mol. The van der Waals surface area contributed by atoms with Crippen molar-refractivity contribution in [3.8, 4) is 11.3 Å². The van der Waals surface area contributed by atoms with E-state index in [0.717, 1.165) is 22.7 Å². The fraction of sp³-hybridized carbons (Fsp3) is 0.238. The van der Waals surface area contributed by atoms with Crippen molar-refractivity contribution in [1.29, 1.82) is 0 Å². The van der Waals surface area contributed by atoms with Crippen LogP contribution in [0.15, 0.2) is 61.2 Å². The highest BCUT2D eigenvalue weighted by Gasteiger charge is 2.23. The van der Waals surface area contributed by atoms with Crippen molar-refractivity contribution in [2.75, 3.05) is 0 Å². The topological polar surface area (TPSA) is 77.1 Å². The number of rotatable bonds is 5. The first-order valence-corrected chi connectivity index (χ1v) is 9.22. The fourth-order valence-electron chi connectivity index (χ4n) is 3.21. The van der Waals surface area contributed by atoms with Crippen LogP contribution in [0.2, 0.25) is 0 Å². The fourth-order valence-corrected chi connectivity index (χ4v) is 3.21.